The zero-order valence-electron chi connectivity index (χ0n) is 11.8. The van der Waals surface area contributed by atoms with Crippen molar-refractivity contribution >= 4 is 15.7 Å². The van der Waals surface area contributed by atoms with Gasteiger partial charge in [-0.05, 0) is 12.0 Å². The van der Waals surface area contributed by atoms with Gasteiger partial charge in [0.2, 0.25) is 10.0 Å². The second-order valence-electron chi connectivity index (χ2n) is 4.55. The van der Waals surface area contributed by atoms with E-state index in [4.69, 9.17) is 5.73 Å². The minimum atomic E-state index is -3.55. The highest BCUT2D eigenvalue weighted by Crippen LogP contribution is 2.22. The number of hydrogen-bond donors (Lipinski definition) is 1. The van der Waals surface area contributed by atoms with Gasteiger partial charge in [-0.3, -0.25) is 4.98 Å². The van der Waals surface area contributed by atoms with E-state index in [0.717, 1.165) is 12.8 Å². The number of rotatable bonds is 7. The molecule has 1 heterocycles. The number of nitrogen functional groups attached to an aromatic ring is 1. The number of anilines is 1. The van der Waals surface area contributed by atoms with Gasteiger partial charge >= 0.3 is 0 Å². The van der Waals surface area contributed by atoms with E-state index in [1.54, 1.807) is 0 Å². The average molecular weight is 285 g/mol. The molecule has 5 nitrogen and oxygen atoms in total. The highest BCUT2D eigenvalue weighted by atomic mass is 32.2. The number of hydrogen-bond acceptors (Lipinski definition) is 4. The van der Waals surface area contributed by atoms with Crippen LogP contribution in [-0.4, -0.2) is 30.8 Å². The summed E-state index contributed by atoms with van der Waals surface area (Å²) in [5.74, 6) is 0.368. The van der Waals surface area contributed by atoms with Gasteiger partial charge in [-0.1, -0.05) is 33.6 Å². The molecule has 0 aliphatic heterocycles. The van der Waals surface area contributed by atoms with Crippen LogP contribution in [0.15, 0.2) is 23.4 Å². The molecule has 2 N–H and O–H groups in total. The first-order valence-corrected chi connectivity index (χ1v) is 8.10. The van der Waals surface area contributed by atoms with Crippen molar-refractivity contribution in [2.45, 2.75) is 38.5 Å². The van der Waals surface area contributed by atoms with Crippen molar-refractivity contribution in [3.8, 4) is 0 Å². The summed E-state index contributed by atoms with van der Waals surface area (Å²) in [4.78, 5) is 3.96. The molecule has 0 saturated heterocycles. The first kappa shape index (κ1) is 15.9. The lowest BCUT2D eigenvalue weighted by Gasteiger charge is -2.25. The average Bonchev–Trinajstić information content (AvgIpc) is 2.40. The molecule has 0 saturated carbocycles. The molecule has 0 fully saturated rings. The molecule has 0 amide bonds. The lowest BCUT2D eigenvalue weighted by molar-refractivity contribution is 0.339. The molecule has 6 heteroatoms. The van der Waals surface area contributed by atoms with Crippen LogP contribution in [-0.2, 0) is 10.0 Å². The standard InChI is InChI=1S/C13H23N3O2S/c1-4-11(5-2)10-16(6-3)19(17,18)13-9-15-8-7-12(13)14/h7-9,11H,4-6,10H2,1-3H3,(H2,14,15). The molecule has 0 bridgehead atoms. The van der Waals surface area contributed by atoms with Crippen molar-refractivity contribution in [2.24, 2.45) is 5.92 Å². The molecule has 0 atom stereocenters. The maximum absolute atomic E-state index is 12.6. The highest BCUT2D eigenvalue weighted by Gasteiger charge is 2.26. The fraction of sp³-hybridized carbons (Fsp3) is 0.615. The zero-order chi connectivity index (χ0) is 14.5. The third-order valence-electron chi connectivity index (χ3n) is 3.40. The molecule has 0 spiro atoms. The van der Waals surface area contributed by atoms with Gasteiger partial charge in [0.1, 0.15) is 4.90 Å². The molecule has 0 aromatic carbocycles. The molecule has 1 aromatic rings. The summed E-state index contributed by atoms with van der Waals surface area (Å²) in [5.41, 5.74) is 6.00. The Hall–Kier alpha value is -1.14. The number of aromatic nitrogens is 1. The molecule has 0 radical (unpaired) electrons. The maximum atomic E-state index is 12.6. The maximum Gasteiger partial charge on any atom is 0.246 e. The van der Waals surface area contributed by atoms with Crippen LogP contribution in [0.4, 0.5) is 5.69 Å². The van der Waals surface area contributed by atoms with E-state index < -0.39 is 10.0 Å². The summed E-state index contributed by atoms with van der Waals surface area (Å²) in [6.45, 7) is 6.96. The number of pyridine rings is 1. The van der Waals surface area contributed by atoms with Crippen molar-refractivity contribution in [1.82, 2.24) is 9.29 Å². The molecular formula is C13H23N3O2S. The molecule has 0 unspecified atom stereocenters. The molecule has 108 valence electrons. The second kappa shape index (κ2) is 6.86. The van der Waals surface area contributed by atoms with E-state index in [0.29, 0.717) is 19.0 Å². The largest absolute Gasteiger partial charge is 0.398 e. The summed E-state index contributed by atoms with van der Waals surface area (Å²) < 4.78 is 26.6. The third-order valence-corrected chi connectivity index (χ3v) is 5.39. The van der Waals surface area contributed by atoms with Crippen LogP contribution in [0.5, 0.6) is 0 Å². The summed E-state index contributed by atoms with van der Waals surface area (Å²) in [6, 6.07) is 1.51. The number of nitrogens with zero attached hydrogens (tertiary/aromatic N) is 2. The monoisotopic (exact) mass is 285 g/mol. The first-order valence-electron chi connectivity index (χ1n) is 6.66. The molecule has 19 heavy (non-hydrogen) atoms. The summed E-state index contributed by atoms with van der Waals surface area (Å²) >= 11 is 0. The van der Waals surface area contributed by atoms with Crippen molar-refractivity contribution in [3.63, 3.8) is 0 Å². The van der Waals surface area contributed by atoms with E-state index in [1.807, 2.05) is 6.92 Å². The van der Waals surface area contributed by atoms with Crippen molar-refractivity contribution in [3.05, 3.63) is 18.5 Å². The zero-order valence-corrected chi connectivity index (χ0v) is 12.7. The molecular weight excluding hydrogens is 262 g/mol. The highest BCUT2D eigenvalue weighted by molar-refractivity contribution is 7.89. The van der Waals surface area contributed by atoms with E-state index in [9.17, 15) is 8.42 Å². The van der Waals surface area contributed by atoms with Crippen LogP contribution in [0, 0.1) is 5.92 Å². The van der Waals surface area contributed by atoms with Gasteiger partial charge in [0.15, 0.2) is 0 Å². The molecule has 0 aliphatic carbocycles. The van der Waals surface area contributed by atoms with E-state index in [-0.39, 0.29) is 10.6 Å². The van der Waals surface area contributed by atoms with Crippen LogP contribution in [0.3, 0.4) is 0 Å². The minimum absolute atomic E-state index is 0.0998. The van der Waals surface area contributed by atoms with Crippen LogP contribution >= 0.6 is 0 Å². The third kappa shape index (κ3) is 3.67. The van der Waals surface area contributed by atoms with Crippen LogP contribution < -0.4 is 5.73 Å². The van der Waals surface area contributed by atoms with Gasteiger partial charge in [0.05, 0.1) is 5.69 Å². The quantitative estimate of drug-likeness (QED) is 0.832. The summed E-state index contributed by atoms with van der Waals surface area (Å²) in [5, 5.41) is 0. The Labute approximate surface area is 115 Å². The SMILES string of the molecule is CCC(CC)CN(CC)S(=O)(=O)c1cnccc1N. The molecule has 0 aliphatic rings. The van der Waals surface area contributed by atoms with Gasteiger partial charge in [0, 0.05) is 25.5 Å². The normalized spacial score (nSPS) is 12.3. The summed E-state index contributed by atoms with van der Waals surface area (Å²) in [7, 11) is -3.55. The van der Waals surface area contributed by atoms with Gasteiger partial charge in [-0.15, -0.1) is 0 Å². The van der Waals surface area contributed by atoms with Gasteiger partial charge in [0.25, 0.3) is 0 Å². The van der Waals surface area contributed by atoms with E-state index in [1.165, 1.54) is 22.8 Å². The molecule has 1 aromatic heterocycles. The Morgan fingerprint density at radius 2 is 1.95 bits per heavy atom. The van der Waals surface area contributed by atoms with Gasteiger partial charge in [-0.2, -0.15) is 4.31 Å². The second-order valence-corrected chi connectivity index (χ2v) is 6.46. The van der Waals surface area contributed by atoms with Crippen LogP contribution in [0.2, 0.25) is 0 Å². The van der Waals surface area contributed by atoms with Gasteiger partial charge in [-0.25, -0.2) is 8.42 Å². The lowest BCUT2D eigenvalue weighted by Crippen LogP contribution is -2.35. The number of nitrogens with two attached hydrogens (primary N) is 1. The Morgan fingerprint density at radius 1 is 1.32 bits per heavy atom. The predicted molar refractivity (Wildman–Crippen MR) is 77.2 cm³/mol. The minimum Gasteiger partial charge on any atom is -0.398 e. The lowest BCUT2D eigenvalue weighted by atomic mass is 10.0. The smallest absolute Gasteiger partial charge is 0.246 e. The Kier molecular flexibility index (Phi) is 5.75. The Morgan fingerprint density at radius 3 is 2.42 bits per heavy atom. The first-order chi connectivity index (χ1) is 8.97. The van der Waals surface area contributed by atoms with E-state index >= 15 is 0 Å². The van der Waals surface area contributed by atoms with Gasteiger partial charge < -0.3 is 5.73 Å². The van der Waals surface area contributed by atoms with Crippen molar-refractivity contribution < 1.29 is 8.42 Å². The molecule has 1 rings (SSSR count). The fourth-order valence-electron chi connectivity index (χ4n) is 1.98. The topological polar surface area (TPSA) is 76.3 Å². The fourth-order valence-corrected chi connectivity index (χ4v) is 3.56. The van der Waals surface area contributed by atoms with Crippen molar-refractivity contribution in [2.75, 3.05) is 18.8 Å². The summed E-state index contributed by atoms with van der Waals surface area (Å²) in [6.07, 6.45) is 4.74. The number of sulfonamides is 1. The van der Waals surface area contributed by atoms with Crippen molar-refractivity contribution in [1.29, 1.82) is 0 Å². The Bertz CT molecular complexity index is 498. The van der Waals surface area contributed by atoms with E-state index in [2.05, 4.69) is 18.8 Å². The Balaban J connectivity index is 3.06. The predicted octanol–water partition coefficient (Wildman–Crippen LogP) is 2.11. The van der Waals surface area contributed by atoms with Crippen LogP contribution in [0.25, 0.3) is 0 Å². The van der Waals surface area contributed by atoms with Crippen LogP contribution in [0.1, 0.15) is 33.6 Å².